The van der Waals surface area contributed by atoms with Crippen LogP contribution in [0.1, 0.15) is 13.2 Å². The fourth-order valence-corrected chi connectivity index (χ4v) is 4.64. The second kappa shape index (κ2) is 6.43. The summed E-state index contributed by atoms with van der Waals surface area (Å²) in [5.41, 5.74) is -3.07. The van der Waals surface area contributed by atoms with Gasteiger partial charge in [-0.3, -0.25) is 23.4 Å². The molecule has 4 rings (SSSR count). The van der Waals surface area contributed by atoms with Gasteiger partial charge in [-0.2, -0.15) is 0 Å². The fourth-order valence-electron chi connectivity index (χ4n) is 3.14. The Balaban J connectivity index is 1.61. The molecule has 2 N–H and O–H groups in total. The van der Waals surface area contributed by atoms with Crippen LogP contribution in [0.5, 0.6) is 5.75 Å². The predicted octanol–water partition coefficient (Wildman–Crippen LogP) is 0.787. The van der Waals surface area contributed by atoms with E-state index in [9.17, 15) is 19.3 Å². The van der Waals surface area contributed by atoms with Gasteiger partial charge < -0.3 is 14.4 Å². The van der Waals surface area contributed by atoms with Crippen LogP contribution in [-0.4, -0.2) is 39.1 Å². The van der Waals surface area contributed by atoms with E-state index >= 15 is 0 Å². The fraction of sp³-hybridized carbons (Fsp3) is 0.375. The van der Waals surface area contributed by atoms with Gasteiger partial charge in [0.15, 0.2) is 6.23 Å². The third-order valence-electron chi connectivity index (χ3n) is 4.42. The molecule has 0 saturated carbocycles. The molecule has 0 amide bonds. The number of phosphoric ester groups is 1. The molecule has 0 radical (unpaired) electrons. The van der Waals surface area contributed by atoms with Gasteiger partial charge in [-0.25, -0.2) is 9.36 Å². The van der Waals surface area contributed by atoms with Crippen LogP contribution in [0, 0.1) is 0 Å². The van der Waals surface area contributed by atoms with Crippen LogP contribution in [-0.2, 0) is 18.3 Å². The number of hydrogen-bond donors (Lipinski definition) is 2. The van der Waals surface area contributed by atoms with Gasteiger partial charge in [0.2, 0.25) is 0 Å². The summed E-state index contributed by atoms with van der Waals surface area (Å²) < 4.78 is 35.6. The lowest BCUT2D eigenvalue weighted by molar-refractivity contribution is -0.0933. The van der Waals surface area contributed by atoms with E-state index in [1.807, 2.05) is 0 Å². The molecule has 10 nitrogen and oxygen atoms in total. The van der Waals surface area contributed by atoms with E-state index < -0.39 is 43.1 Å². The van der Waals surface area contributed by atoms with E-state index in [1.165, 1.54) is 13.1 Å². The largest absolute Gasteiger partial charge is 0.530 e. The number of phosphoric acid groups is 1. The Bertz CT molecular complexity index is 1000. The smallest absolute Gasteiger partial charge is 0.404 e. The van der Waals surface area contributed by atoms with Crippen LogP contribution in [0.4, 0.5) is 0 Å². The zero-order chi connectivity index (χ0) is 19.2. The molecule has 0 spiro atoms. The van der Waals surface area contributed by atoms with Crippen LogP contribution < -0.4 is 15.8 Å². The number of H-pyrrole nitrogens is 1. The van der Waals surface area contributed by atoms with E-state index in [-0.39, 0.29) is 12.4 Å². The average molecular weight is 396 g/mol. The lowest BCUT2D eigenvalue weighted by atomic mass is 9.96. The van der Waals surface area contributed by atoms with E-state index in [2.05, 4.69) is 4.98 Å². The van der Waals surface area contributed by atoms with Crippen LogP contribution >= 0.6 is 7.82 Å². The number of nitrogens with one attached hydrogen (secondary N) is 1. The highest BCUT2D eigenvalue weighted by atomic mass is 31.2. The minimum absolute atomic E-state index is 0.167. The van der Waals surface area contributed by atoms with Crippen molar-refractivity contribution < 1.29 is 28.0 Å². The molecule has 2 aliphatic rings. The van der Waals surface area contributed by atoms with Gasteiger partial charge in [-0.15, -0.1) is 0 Å². The number of hydrogen-bond acceptors (Lipinski definition) is 8. The molecule has 0 aliphatic carbocycles. The Kier molecular flexibility index (Phi) is 4.32. The number of aromatic amines is 1. The molecule has 2 unspecified atom stereocenters. The van der Waals surface area contributed by atoms with Crippen molar-refractivity contribution in [2.45, 2.75) is 31.0 Å². The molecular formula is C16H17N2O8P. The molecule has 11 heteroatoms. The molecular weight excluding hydrogens is 379 g/mol. The monoisotopic (exact) mass is 396 g/mol. The van der Waals surface area contributed by atoms with E-state index in [4.69, 9.17) is 18.3 Å². The summed E-state index contributed by atoms with van der Waals surface area (Å²) >= 11 is 0. The summed E-state index contributed by atoms with van der Waals surface area (Å²) in [6.07, 6.45) is -1.84. The molecule has 0 bridgehead atoms. The molecule has 3 heterocycles. The summed E-state index contributed by atoms with van der Waals surface area (Å²) in [6, 6.07) is 9.46. The predicted molar refractivity (Wildman–Crippen MR) is 91.4 cm³/mol. The molecule has 5 atom stereocenters. The Labute approximate surface area is 152 Å². The maximum atomic E-state index is 12.8. The van der Waals surface area contributed by atoms with Crippen molar-refractivity contribution in [2.24, 2.45) is 0 Å². The van der Waals surface area contributed by atoms with Crippen LogP contribution in [0.25, 0.3) is 0 Å². The first-order valence-electron chi connectivity index (χ1n) is 8.15. The number of rotatable bonds is 3. The zero-order valence-corrected chi connectivity index (χ0v) is 15.1. The third-order valence-corrected chi connectivity index (χ3v) is 5.81. The number of nitrogens with zero attached hydrogens (tertiary/aromatic N) is 1. The maximum absolute atomic E-state index is 12.8. The minimum atomic E-state index is -4.01. The molecule has 2 aliphatic heterocycles. The molecule has 1 aromatic heterocycles. The minimum Gasteiger partial charge on any atom is -0.404 e. The lowest BCUT2D eigenvalue weighted by Crippen LogP contribution is -2.49. The van der Waals surface area contributed by atoms with Crippen LogP contribution in [0.3, 0.4) is 0 Å². The maximum Gasteiger partial charge on any atom is 0.530 e. The molecule has 144 valence electrons. The number of aromatic nitrogens is 2. The highest BCUT2D eigenvalue weighted by Crippen LogP contribution is 2.58. The van der Waals surface area contributed by atoms with Gasteiger partial charge in [0.25, 0.3) is 5.56 Å². The van der Waals surface area contributed by atoms with Crippen molar-refractivity contribution in [3.05, 3.63) is 63.4 Å². The lowest BCUT2D eigenvalue weighted by Gasteiger charge is -2.34. The molecule has 1 aromatic carbocycles. The number of ether oxygens (including phenoxy) is 1. The molecule has 27 heavy (non-hydrogen) atoms. The Morgan fingerprint density at radius 3 is 2.74 bits per heavy atom. The van der Waals surface area contributed by atoms with Crippen molar-refractivity contribution >= 4 is 7.82 Å². The summed E-state index contributed by atoms with van der Waals surface area (Å²) in [7, 11) is -4.01. The Hall–Kier alpha value is -2.23. The van der Waals surface area contributed by atoms with Crippen molar-refractivity contribution in [3.63, 3.8) is 0 Å². The van der Waals surface area contributed by atoms with Crippen LogP contribution in [0.15, 0.2) is 52.2 Å². The molecule has 2 saturated heterocycles. The SMILES string of the molecule is C[C@@]1(O)C2OP(=O)(Oc3ccccc3)OC[C@H]2O[C@H]1n1ccc(=O)[nH]c1=O. The summed E-state index contributed by atoms with van der Waals surface area (Å²) in [5.74, 6) is 0.284. The molecule has 2 aromatic rings. The van der Waals surface area contributed by atoms with Gasteiger partial charge in [-0.05, 0) is 19.1 Å². The Morgan fingerprint density at radius 2 is 2.04 bits per heavy atom. The summed E-state index contributed by atoms with van der Waals surface area (Å²) in [4.78, 5) is 25.4. The number of benzene rings is 1. The van der Waals surface area contributed by atoms with Gasteiger partial charge in [0.1, 0.15) is 23.6 Å². The Morgan fingerprint density at radius 1 is 1.30 bits per heavy atom. The first-order valence-corrected chi connectivity index (χ1v) is 9.61. The van der Waals surface area contributed by atoms with E-state index in [0.717, 1.165) is 10.6 Å². The summed E-state index contributed by atoms with van der Waals surface area (Å²) in [5, 5.41) is 11.0. The summed E-state index contributed by atoms with van der Waals surface area (Å²) in [6.45, 7) is 1.22. The topological polar surface area (TPSA) is 129 Å². The standard InChI is InChI=1S/C16H17N2O8P/c1-16(21)13-11(24-14(16)18-8-7-12(19)17-15(18)20)9-23-27(22,26-13)25-10-5-3-2-4-6-10/h2-8,11,13-14,21H,9H2,1H3,(H,17,19,20)/t11-,13?,14-,16-,27?/m1/s1. The first-order chi connectivity index (χ1) is 12.8. The van der Waals surface area contributed by atoms with E-state index in [0.29, 0.717) is 0 Å². The quantitative estimate of drug-likeness (QED) is 0.729. The zero-order valence-electron chi connectivity index (χ0n) is 14.2. The highest BCUT2D eigenvalue weighted by Gasteiger charge is 2.60. The van der Waals surface area contributed by atoms with Gasteiger partial charge >= 0.3 is 13.5 Å². The van der Waals surface area contributed by atoms with Crippen LogP contribution in [0.2, 0.25) is 0 Å². The molecule has 2 fully saturated rings. The number of para-hydroxylation sites is 1. The normalized spacial score (nSPS) is 35.6. The van der Waals surface area contributed by atoms with Crippen molar-refractivity contribution in [2.75, 3.05) is 6.61 Å². The number of aliphatic hydroxyl groups is 1. The van der Waals surface area contributed by atoms with Gasteiger partial charge in [0.05, 0.1) is 6.61 Å². The van der Waals surface area contributed by atoms with Gasteiger partial charge in [-0.1, -0.05) is 18.2 Å². The van der Waals surface area contributed by atoms with Crippen molar-refractivity contribution in [1.82, 2.24) is 9.55 Å². The average Bonchev–Trinajstić information content (AvgIpc) is 2.86. The third kappa shape index (κ3) is 3.26. The highest BCUT2D eigenvalue weighted by molar-refractivity contribution is 7.49. The number of fused-ring (bicyclic) bond motifs is 1. The second-order valence-corrected chi connectivity index (χ2v) is 7.99. The van der Waals surface area contributed by atoms with E-state index in [1.54, 1.807) is 30.3 Å². The second-order valence-electron chi connectivity index (χ2n) is 6.44. The van der Waals surface area contributed by atoms with Crippen molar-refractivity contribution in [3.8, 4) is 5.75 Å². The van der Waals surface area contributed by atoms with Crippen molar-refractivity contribution in [1.29, 1.82) is 0 Å². The van der Waals surface area contributed by atoms with Gasteiger partial charge in [0, 0.05) is 12.3 Å². The first kappa shape index (κ1) is 18.1.